The highest BCUT2D eigenvalue weighted by Gasteiger charge is 2.20. The fourth-order valence-electron chi connectivity index (χ4n) is 8.64. The quantitative estimate of drug-likeness (QED) is 0.170. The Morgan fingerprint density at radius 1 is 0.245 bits per heavy atom. The molecule has 0 N–H and O–H groups in total. The van der Waals surface area contributed by atoms with Gasteiger partial charge in [0.25, 0.3) is 0 Å². The highest BCUT2D eigenvalue weighted by Crippen LogP contribution is 2.47. The molecule has 1 aromatic heterocycles. The lowest BCUT2D eigenvalue weighted by Gasteiger charge is -2.20. The first kappa shape index (κ1) is 29.7. The predicted octanol–water partition coefficient (Wildman–Crippen LogP) is 14.9. The van der Waals surface area contributed by atoms with Crippen LogP contribution in [0, 0.1) is 0 Å². The molecular formula is C52H32O. The number of hydrogen-bond acceptors (Lipinski definition) is 1. The Morgan fingerprint density at radius 2 is 0.792 bits per heavy atom. The number of rotatable bonds is 4. The third-order valence-corrected chi connectivity index (χ3v) is 11.0. The Labute approximate surface area is 307 Å². The molecule has 0 atom stereocenters. The van der Waals surface area contributed by atoms with Crippen molar-refractivity contribution in [1.29, 1.82) is 0 Å². The van der Waals surface area contributed by atoms with Gasteiger partial charge in [-0.25, -0.2) is 0 Å². The van der Waals surface area contributed by atoms with Gasteiger partial charge in [-0.1, -0.05) is 158 Å². The molecule has 0 amide bonds. The van der Waals surface area contributed by atoms with Crippen LogP contribution in [-0.4, -0.2) is 0 Å². The summed E-state index contributed by atoms with van der Waals surface area (Å²) in [6, 6.07) is 70.8. The summed E-state index contributed by atoms with van der Waals surface area (Å²) in [6.07, 6.45) is 0. The van der Waals surface area contributed by atoms with Crippen molar-refractivity contribution in [1.82, 2.24) is 0 Å². The van der Waals surface area contributed by atoms with Gasteiger partial charge >= 0.3 is 0 Å². The smallest absolute Gasteiger partial charge is 0.135 e. The van der Waals surface area contributed by atoms with E-state index in [2.05, 4.69) is 182 Å². The van der Waals surface area contributed by atoms with Gasteiger partial charge in [-0.05, 0) is 124 Å². The number of para-hydroxylation sites is 1. The number of hydrogen-bond donors (Lipinski definition) is 0. The van der Waals surface area contributed by atoms with Crippen LogP contribution in [-0.2, 0) is 0 Å². The number of fused-ring (bicyclic) bond motifs is 7. The maximum atomic E-state index is 6.20. The molecule has 0 spiro atoms. The Kier molecular flexibility index (Phi) is 6.62. The Hall–Kier alpha value is -6.96. The van der Waals surface area contributed by atoms with Crippen molar-refractivity contribution in [2.45, 2.75) is 0 Å². The van der Waals surface area contributed by atoms with Crippen LogP contribution in [0.5, 0.6) is 0 Å². The van der Waals surface area contributed by atoms with E-state index < -0.39 is 0 Å². The largest absolute Gasteiger partial charge is 0.456 e. The van der Waals surface area contributed by atoms with E-state index in [-0.39, 0.29) is 0 Å². The molecule has 0 saturated carbocycles. The molecule has 246 valence electrons. The zero-order valence-electron chi connectivity index (χ0n) is 28.9. The van der Waals surface area contributed by atoms with E-state index in [4.69, 9.17) is 4.42 Å². The van der Waals surface area contributed by atoms with Gasteiger partial charge in [0.2, 0.25) is 0 Å². The summed E-state index contributed by atoms with van der Waals surface area (Å²) >= 11 is 0. The molecule has 0 aliphatic heterocycles. The lowest BCUT2D eigenvalue weighted by atomic mass is 9.83. The van der Waals surface area contributed by atoms with E-state index in [1.54, 1.807) is 0 Å². The normalized spacial score (nSPS) is 11.8. The maximum absolute atomic E-state index is 6.20. The molecule has 1 heteroatoms. The van der Waals surface area contributed by atoms with Gasteiger partial charge in [-0.2, -0.15) is 0 Å². The fraction of sp³-hybridized carbons (Fsp3) is 0. The fourth-order valence-corrected chi connectivity index (χ4v) is 8.64. The summed E-state index contributed by atoms with van der Waals surface area (Å²) in [5, 5.41) is 12.2. The van der Waals surface area contributed by atoms with Crippen molar-refractivity contribution in [2.24, 2.45) is 0 Å². The zero-order valence-corrected chi connectivity index (χ0v) is 28.9. The van der Waals surface area contributed by atoms with Gasteiger partial charge in [0.15, 0.2) is 0 Å². The summed E-state index contributed by atoms with van der Waals surface area (Å²) in [6.45, 7) is 0. The van der Waals surface area contributed by atoms with E-state index >= 15 is 0 Å². The van der Waals surface area contributed by atoms with E-state index in [1.165, 1.54) is 87.6 Å². The molecule has 11 rings (SSSR count). The van der Waals surface area contributed by atoms with Gasteiger partial charge in [0.1, 0.15) is 11.2 Å². The molecule has 11 aromatic rings. The average Bonchev–Trinajstić information content (AvgIpc) is 3.60. The Morgan fingerprint density at radius 3 is 1.55 bits per heavy atom. The molecule has 0 radical (unpaired) electrons. The number of furan rings is 1. The lowest BCUT2D eigenvalue weighted by Crippen LogP contribution is -1.93. The van der Waals surface area contributed by atoms with Crippen molar-refractivity contribution >= 4 is 65.0 Å². The first-order valence-corrected chi connectivity index (χ1v) is 18.3. The molecule has 1 heterocycles. The first-order valence-electron chi connectivity index (χ1n) is 18.3. The summed E-state index contributed by atoms with van der Waals surface area (Å²) in [4.78, 5) is 0. The predicted molar refractivity (Wildman–Crippen MR) is 225 cm³/mol. The van der Waals surface area contributed by atoms with Gasteiger partial charge in [-0.3, -0.25) is 0 Å². The summed E-state index contributed by atoms with van der Waals surface area (Å²) in [5.41, 5.74) is 11.6. The SMILES string of the molecule is c1cc(-c2cccc3ccccc23)cc(-c2c3ccccc3c(-c3cc(-c4ccc5oc6ccccc6c5c4)cc4ccccc34)c3ccccc23)c1. The number of benzene rings is 10. The van der Waals surface area contributed by atoms with Gasteiger partial charge < -0.3 is 4.42 Å². The Balaban J connectivity index is 1.17. The highest BCUT2D eigenvalue weighted by molar-refractivity contribution is 6.24. The molecule has 0 unspecified atom stereocenters. The second-order valence-electron chi connectivity index (χ2n) is 14.0. The van der Waals surface area contributed by atoms with Crippen molar-refractivity contribution in [3.8, 4) is 44.5 Å². The van der Waals surface area contributed by atoms with Crippen LogP contribution in [0.2, 0.25) is 0 Å². The van der Waals surface area contributed by atoms with Gasteiger partial charge in [0.05, 0.1) is 0 Å². The zero-order chi connectivity index (χ0) is 34.9. The van der Waals surface area contributed by atoms with E-state index in [0.29, 0.717) is 0 Å². The molecule has 1 nitrogen and oxygen atoms in total. The van der Waals surface area contributed by atoms with Crippen molar-refractivity contribution < 1.29 is 4.42 Å². The summed E-state index contributed by atoms with van der Waals surface area (Å²) in [7, 11) is 0. The maximum Gasteiger partial charge on any atom is 0.135 e. The molecule has 0 saturated heterocycles. The molecule has 10 aromatic carbocycles. The average molecular weight is 673 g/mol. The van der Waals surface area contributed by atoms with Crippen LogP contribution in [0.3, 0.4) is 0 Å². The highest BCUT2D eigenvalue weighted by atomic mass is 16.3. The van der Waals surface area contributed by atoms with Gasteiger partial charge in [-0.15, -0.1) is 0 Å². The minimum Gasteiger partial charge on any atom is -0.456 e. The molecule has 53 heavy (non-hydrogen) atoms. The van der Waals surface area contributed by atoms with E-state index in [9.17, 15) is 0 Å². The second kappa shape index (κ2) is 11.8. The van der Waals surface area contributed by atoms with Crippen LogP contribution in [0.25, 0.3) is 110 Å². The lowest BCUT2D eigenvalue weighted by molar-refractivity contribution is 0.669. The molecule has 0 aliphatic rings. The third kappa shape index (κ3) is 4.71. The minimum atomic E-state index is 0.910. The Bertz CT molecular complexity index is 3170. The molecule has 0 bridgehead atoms. The summed E-state index contributed by atoms with van der Waals surface area (Å²) in [5.74, 6) is 0. The van der Waals surface area contributed by atoms with E-state index in [0.717, 1.165) is 21.9 Å². The van der Waals surface area contributed by atoms with Crippen LogP contribution in [0.4, 0.5) is 0 Å². The van der Waals surface area contributed by atoms with Crippen LogP contribution in [0.15, 0.2) is 199 Å². The second-order valence-corrected chi connectivity index (χ2v) is 14.0. The molecular weight excluding hydrogens is 641 g/mol. The van der Waals surface area contributed by atoms with Crippen LogP contribution in [0.1, 0.15) is 0 Å². The van der Waals surface area contributed by atoms with Crippen LogP contribution >= 0.6 is 0 Å². The molecule has 0 fully saturated rings. The first-order chi connectivity index (χ1) is 26.3. The minimum absolute atomic E-state index is 0.910. The van der Waals surface area contributed by atoms with Crippen molar-refractivity contribution in [3.05, 3.63) is 194 Å². The van der Waals surface area contributed by atoms with E-state index in [1.807, 2.05) is 12.1 Å². The standard InChI is InChI=1S/C52H32O/c1-3-18-39-33(13-1)15-12-25-40(39)36-16-11-17-37(29-36)51-43-21-5-7-23-45(43)52(46-24-8-6-22-44(46)51)48-32-38(30-35-14-2-4-19-41(35)48)34-27-28-50-47(31-34)42-20-9-10-26-49(42)53-50/h1-32H. The monoisotopic (exact) mass is 672 g/mol. The van der Waals surface area contributed by atoms with Crippen molar-refractivity contribution in [2.75, 3.05) is 0 Å². The van der Waals surface area contributed by atoms with Crippen molar-refractivity contribution in [3.63, 3.8) is 0 Å². The summed E-state index contributed by atoms with van der Waals surface area (Å²) < 4.78 is 6.20. The molecule has 0 aliphatic carbocycles. The third-order valence-electron chi connectivity index (χ3n) is 11.0. The van der Waals surface area contributed by atoms with Crippen LogP contribution < -0.4 is 0 Å². The van der Waals surface area contributed by atoms with Gasteiger partial charge in [0, 0.05) is 10.8 Å². The topological polar surface area (TPSA) is 13.1 Å².